The van der Waals surface area contributed by atoms with Crippen molar-refractivity contribution in [3.63, 3.8) is 0 Å². The first kappa shape index (κ1) is 21.4. The number of aromatic amines is 1. The van der Waals surface area contributed by atoms with Crippen molar-refractivity contribution in [2.75, 3.05) is 6.61 Å². The second-order valence-corrected chi connectivity index (χ2v) is 8.62. The van der Waals surface area contributed by atoms with E-state index in [2.05, 4.69) is 14.7 Å². The van der Waals surface area contributed by atoms with Crippen molar-refractivity contribution in [1.82, 2.24) is 9.71 Å². The van der Waals surface area contributed by atoms with Crippen LogP contribution < -0.4 is 4.72 Å². The van der Waals surface area contributed by atoms with Gasteiger partial charge in [-0.1, -0.05) is 12.1 Å². The number of ketones is 2. The maximum atomic E-state index is 12.4. The highest BCUT2D eigenvalue weighted by molar-refractivity contribution is 7.90. The number of hydrogen-bond acceptors (Lipinski definition) is 7. The van der Waals surface area contributed by atoms with Crippen molar-refractivity contribution in [2.45, 2.75) is 38.6 Å². The number of nitrogens with one attached hydrogen (secondary N) is 2. The minimum atomic E-state index is -3.72. The zero-order chi connectivity index (χ0) is 22.2. The van der Waals surface area contributed by atoms with Gasteiger partial charge in [0.2, 0.25) is 5.78 Å². The Morgan fingerprint density at radius 1 is 1.17 bits per heavy atom. The lowest BCUT2D eigenvalue weighted by molar-refractivity contribution is -0.143. The fourth-order valence-electron chi connectivity index (χ4n) is 3.36. The summed E-state index contributed by atoms with van der Waals surface area (Å²) < 4.78 is 31.6. The Morgan fingerprint density at radius 2 is 1.83 bits per heavy atom. The van der Waals surface area contributed by atoms with E-state index in [-0.39, 0.29) is 22.2 Å². The Morgan fingerprint density at radius 3 is 2.47 bits per heavy atom. The van der Waals surface area contributed by atoms with Crippen LogP contribution in [0.4, 0.5) is 0 Å². The van der Waals surface area contributed by atoms with Gasteiger partial charge in [0.15, 0.2) is 12.4 Å². The van der Waals surface area contributed by atoms with Gasteiger partial charge >= 0.3 is 5.97 Å². The number of aryl methyl sites for hydroxylation is 1. The molecule has 30 heavy (non-hydrogen) atoms. The van der Waals surface area contributed by atoms with E-state index in [1.54, 1.807) is 32.0 Å². The molecule has 0 saturated carbocycles. The number of carbonyl (C=O) groups excluding carboxylic acids is 3. The van der Waals surface area contributed by atoms with Crippen molar-refractivity contribution >= 4 is 33.4 Å². The molecule has 1 atom stereocenters. The molecule has 0 saturated heterocycles. The van der Waals surface area contributed by atoms with Gasteiger partial charge < -0.3 is 9.72 Å². The van der Waals surface area contributed by atoms with Gasteiger partial charge in [0, 0.05) is 16.8 Å². The van der Waals surface area contributed by atoms with E-state index in [4.69, 9.17) is 4.74 Å². The van der Waals surface area contributed by atoms with Crippen LogP contribution in [0.15, 0.2) is 34.2 Å². The van der Waals surface area contributed by atoms with E-state index in [1.807, 2.05) is 0 Å². The summed E-state index contributed by atoms with van der Waals surface area (Å²) in [4.78, 5) is 43.5. The lowest BCUT2D eigenvalue weighted by Crippen LogP contribution is -2.27. The Kier molecular flexibility index (Phi) is 5.62. The molecule has 2 N–H and O–H groups in total. The van der Waals surface area contributed by atoms with Gasteiger partial charge in [-0.15, -0.1) is 0 Å². The number of benzene rings is 1. The highest BCUT2D eigenvalue weighted by atomic mass is 32.2. The third-order valence-corrected chi connectivity index (χ3v) is 6.14. The molecule has 0 aliphatic carbocycles. The average Bonchev–Trinajstić information content (AvgIpc) is 3.12. The van der Waals surface area contributed by atoms with Gasteiger partial charge in [0.25, 0.3) is 10.0 Å². The summed E-state index contributed by atoms with van der Waals surface area (Å²) in [5.74, 6) is -1.39. The normalized spacial score (nSPS) is 16.6. The SMILES string of the molecule is CC(=O)c1c(C)[nH]c(C(=O)COC(=O)[C@H](C)N=C2NS(=O)(=O)c3ccccc32)c1C. The number of carbonyl (C=O) groups is 3. The molecule has 1 aliphatic rings. The molecule has 0 unspecified atom stereocenters. The third kappa shape index (κ3) is 3.90. The number of fused-ring (bicyclic) bond motifs is 1. The number of aliphatic imine (C=N–C) groups is 1. The molecular formula is C20H21N3O6S. The molecule has 2 heterocycles. The maximum absolute atomic E-state index is 12.4. The minimum Gasteiger partial charge on any atom is -0.456 e. The first-order chi connectivity index (χ1) is 14.0. The van der Waals surface area contributed by atoms with Crippen LogP contribution in [-0.4, -0.2) is 49.4 Å². The molecule has 0 fully saturated rings. The predicted molar refractivity (Wildman–Crippen MR) is 108 cm³/mol. The number of sulfonamides is 1. The van der Waals surface area contributed by atoms with Gasteiger partial charge in [-0.2, -0.15) is 0 Å². The zero-order valence-electron chi connectivity index (χ0n) is 16.9. The molecule has 158 valence electrons. The van der Waals surface area contributed by atoms with Crippen LogP contribution in [0.2, 0.25) is 0 Å². The number of nitrogens with zero attached hydrogens (tertiary/aromatic N) is 1. The summed E-state index contributed by atoms with van der Waals surface area (Å²) in [6, 6.07) is 5.23. The number of rotatable bonds is 6. The third-order valence-electron chi connectivity index (χ3n) is 4.74. The summed E-state index contributed by atoms with van der Waals surface area (Å²) >= 11 is 0. The molecule has 0 bridgehead atoms. The first-order valence-corrected chi connectivity index (χ1v) is 10.6. The maximum Gasteiger partial charge on any atom is 0.331 e. The number of ether oxygens (including phenoxy) is 1. The highest BCUT2D eigenvalue weighted by Crippen LogP contribution is 2.23. The summed E-state index contributed by atoms with van der Waals surface area (Å²) in [6.45, 7) is 5.65. The van der Waals surface area contributed by atoms with Crippen LogP contribution in [0.25, 0.3) is 0 Å². The van der Waals surface area contributed by atoms with E-state index in [0.29, 0.717) is 22.4 Å². The van der Waals surface area contributed by atoms with Gasteiger partial charge in [0.1, 0.15) is 11.9 Å². The standard InChI is InChI=1S/C20H21N3O6S/c1-10-17(13(4)24)11(2)21-18(10)15(25)9-29-20(26)12(3)22-19-14-7-5-6-8-16(14)30(27,28)23-19/h5-8,12,21H,9H2,1-4H3,(H,22,23)/t12-/m0/s1. The molecule has 3 rings (SSSR count). The summed E-state index contributed by atoms with van der Waals surface area (Å²) in [5.41, 5.74) is 2.09. The van der Waals surface area contributed by atoms with Crippen LogP contribution in [0, 0.1) is 13.8 Å². The number of hydrogen-bond donors (Lipinski definition) is 2. The molecular weight excluding hydrogens is 410 g/mol. The van der Waals surface area contributed by atoms with E-state index in [0.717, 1.165) is 0 Å². The number of aromatic nitrogens is 1. The second-order valence-electron chi connectivity index (χ2n) is 6.97. The summed E-state index contributed by atoms with van der Waals surface area (Å²) in [6.07, 6.45) is 0. The topological polar surface area (TPSA) is 135 Å². The van der Waals surface area contributed by atoms with E-state index < -0.39 is 34.4 Å². The molecule has 0 radical (unpaired) electrons. The average molecular weight is 431 g/mol. The van der Waals surface area contributed by atoms with Crippen LogP contribution in [0.5, 0.6) is 0 Å². The molecule has 2 aromatic rings. The van der Waals surface area contributed by atoms with Crippen molar-refractivity contribution < 1.29 is 27.5 Å². The van der Waals surface area contributed by atoms with Crippen molar-refractivity contribution in [3.8, 4) is 0 Å². The van der Waals surface area contributed by atoms with E-state index in [9.17, 15) is 22.8 Å². The lowest BCUT2D eigenvalue weighted by Gasteiger charge is -2.09. The highest BCUT2D eigenvalue weighted by Gasteiger charge is 2.31. The van der Waals surface area contributed by atoms with Gasteiger partial charge in [-0.25, -0.2) is 13.2 Å². The van der Waals surface area contributed by atoms with E-state index in [1.165, 1.54) is 19.9 Å². The van der Waals surface area contributed by atoms with Crippen LogP contribution in [-0.2, 0) is 19.6 Å². The van der Waals surface area contributed by atoms with Gasteiger partial charge in [-0.05, 0) is 45.4 Å². The Labute approximate surface area is 173 Å². The Bertz CT molecular complexity index is 1190. The Balaban J connectivity index is 1.70. The molecule has 0 spiro atoms. The lowest BCUT2D eigenvalue weighted by atomic mass is 10.1. The predicted octanol–water partition coefficient (Wildman–Crippen LogP) is 1.69. The fourth-order valence-corrected chi connectivity index (χ4v) is 4.60. The van der Waals surface area contributed by atoms with E-state index >= 15 is 0 Å². The molecule has 10 heteroatoms. The molecule has 9 nitrogen and oxygen atoms in total. The Hall–Kier alpha value is -3.27. The monoisotopic (exact) mass is 431 g/mol. The smallest absolute Gasteiger partial charge is 0.331 e. The molecule has 1 aliphatic heterocycles. The largest absolute Gasteiger partial charge is 0.456 e. The quantitative estimate of drug-likeness (QED) is 0.528. The van der Waals surface area contributed by atoms with Crippen molar-refractivity contribution in [3.05, 3.63) is 52.3 Å². The molecule has 1 aromatic heterocycles. The molecule has 1 aromatic carbocycles. The molecule has 0 amide bonds. The minimum absolute atomic E-state index is 0.0447. The van der Waals surface area contributed by atoms with Gasteiger partial charge in [-0.3, -0.25) is 19.3 Å². The number of Topliss-reactive ketones (excluding diaryl/α,β-unsaturated/α-hetero) is 2. The second kappa shape index (κ2) is 7.86. The van der Waals surface area contributed by atoms with Crippen molar-refractivity contribution in [2.24, 2.45) is 4.99 Å². The van der Waals surface area contributed by atoms with Crippen LogP contribution in [0.1, 0.15) is 51.5 Å². The summed E-state index contributed by atoms with van der Waals surface area (Å²) in [7, 11) is -3.72. The van der Waals surface area contributed by atoms with Gasteiger partial charge in [0.05, 0.1) is 10.6 Å². The van der Waals surface area contributed by atoms with Crippen LogP contribution >= 0.6 is 0 Å². The number of amidine groups is 1. The fraction of sp³-hybridized carbons (Fsp3) is 0.300. The van der Waals surface area contributed by atoms with Crippen LogP contribution in [0.3, 0.4) is 0 Å². The van der Waals surface area contributed by atoms with Crippen molar-refractivity contribution in [1.29, 1.82) is 0 Å². The first-order valence-electron chi connectivity index (χ1n) is 9.13. The zero-order valence-corrected chi connectivity index (χ0v) is 17.7. The summed E-state index contributed by atoms with van der Waals surface area (Å²) in [5, 5.41) is 0. The number of esters is 1. The number of H-pyrrole nitrogens is 1.